The Balaban J connectivity index is 2.00. The van der Waals surface area contributed by atoms with E-state index in [1.54, 1.807) is 53.7 Å². The number of rotatable bonds is 6. The van der Waals surface area contributed by atoms with Crippen molar-refractivity contribution in [2.75, 3.05) is 5.32 Å². The average molecular weight is 560 g/mol. The largest absolute Gasteiger partial charge is 0.459 e. The van der Waals surface area contributed by atoms with Crippen LogP contribution in [-0.4, -0.2) is 34.7 Å². The number of hydrogen-bond acceptors (Lipinski definition) is 8. The van der Waals surface area contributed by atoms with Crippen LogP contribution in [0.2, 0.25) is 0 Å². The summed E-state index contributed by atoms with van der Waals surface area (Å²) in [5.74, 6) is -4.92. The number of aryl methyl sites for hydroxylation is 2. The van der Waals surface area contributed by atoms with Crippen molar-refractivity contribution >= 4 is 29.2 Å². The highest BCUT2D eigenvalue weighted by Gasteiger charge is 2.50. The van der Waals surface area contributed by atoms with Crippen LogP contribution in [0.5, 0.6) is 0 Å². The topological polar surface area (TPSA) is 108 Å². The Morgan fingerprint density at radius 2 is 1.34 bits per heavy atom. The third-order valence-electron chi connectivity index (χ3n) is 6.64. The van der Waals surface area contributed by atoms with Crippen molar-refractivity contribution in [1.82, 2.24) is 0 Å². The van der Waals surface area contributed by atoms with Crippen molar-refractivity contribution in [3.8, 4) is 0 Å². The number of hydrogen-bond donors (Lipinski definition) is 1. The fraction of sp³-hybridized carbons (Fsp3) is 0.394. The summed E-state index contributed by atoms with van der Waals surface area (Å²) in [6.45, 7) is 14.1. The molecule has 0 saturated carbocycles. The molecule has 0 fully saturated rings. The first-order valence-electron chi connectivity index (χ1n) is 13.8. The summed E-state index contributed by atoms with van der Waals surface area (Å²) in [6.07, 6.45) is 1.33. The van der Waals surface area contributed by atoms with Gasteiger partial charge in [-0.3, -0.25) is 14.4 Å². The number of para-hydroxylation sites is 1. The minimum atomic E-state index is -1.57. The molecule has 1 unspecified atom stereocenters. The molecule has 0 aromatic heterocycles. The van der Waals surface area contributed by atoms with Crippen molar-refractivity contribution in [3.63, 3.8) is 0 Å². The van der Waals surface area contributed by atoms with E-state index in [1.807, 2.05) is 32.0 Å². The number of anilines is 1. The molecule has 0 amide bonds. The SMILES string of the molecule is CCc1cccc(CC)c1NC1=C(C(=O)OC(C)(C)C)C(C(=O)OC(C)(C)C)C2=C(O1)C(=O)c1ccccc1C2=O. The lowest BCUT2D eigenvalue weighted by Gasteiger charge is -2.34. The van der Waals surface area contributed by atoms with Gasteiger partial charge >= 0.3 is 11.9 Å². The zero-order valence-corrected chi connectivity index (χ0v) is 24.9. The number of allylic oxidation sites excluding steroid dienone is 1. The van der Waals surface area contributed by atoms with Crippen LogP contribution < -0.4 is 5.32 Å². The number of carbonyl (C=O) groups excluding carboxylic acids is 4. The second kappa shape index (κ2) is 11.0. The minimum absolute atomic E-state index is 0.123. The van der Waals surface area contributed by atoms with Gasteiger partial charge in [-0.2, -0.15) is 0 Å². The standard InChI is InChI=1S/C33H37NO7/c1-9-18-14-13-15-19(10-2)25(18)34-29-24(31(38)41-33(6,7)8)22(30(37)40-32(3,4)5)23-26(35)20-16-11-12-17-21(20)27(36)28(23)39-29/h11-17,22,34H,9-10H2,1-8H3. The maximum atomic E-state index is 13.9. The van der Waals surface area contributed by atoms with Crippen LogP contribution in [0.15, 0.2) is 65.3 Å². The van der Waals surface area contributed by atoms with Crippen LogP contribution in [0, 0.1) is 5.92 Å². The van der Waals surface area contributed by atoms with Gasteiger partial charge in [0, 0.05) is 16.8 Å². The lowest BCUT2D eigenvalue weighted by Crippen LogP contribution is -2.42. The van der Waals surface area contributed by atoms with Gasteiger partial charge < -0.3 is 19.5 Å². The van der Waals surface area contributed by atoms with Crippen molar-refractivity contribution in [3.05, 3.63) is 87.5 Å². The Bertz CT molecular complexity index is 1480. The molecule has 1 atom stereocenters. The number of Topliss-reactive ketones (excluding diaryl/α,β-unsaturated/α-hetero) is 2. The summed E-state index contributed by atoms with van der Waals surface area (Å²) in [4.78, 5) is 55.4. The van der Waals surface area contributed by atoms with E-state index in [0.29, 0.717) is 18.5 Å². The maximum absolute atomic E-state index is 13.9. The normalized spacial score (nSPS) is 17.0. The Hall–Kier alpha value is -4.20. The van der Waals surface area contributed by atoms with E-state index >= 15 is 0 Å². The highest BCUT2D eigenvalue weighted by Crippen LogP contribution is 2.43. The van der Waals surface area contributed by atoms with Gasteiger partial charge in [-0.15, -0.1) is 0 Å². The average Bonchev–Trinajstić information content (AvgIpc) is 2.89. The highest BCUT2D eigenvalue weighted by atomic mass is 16.6. The van der Waals surface area contributed by atoms with Crippen LogP contribution in [0.4, 0.5) is 5.69 Å². The number of fused-ring (bicyclic) bond motifs is 1. The molecule has 0 bridgehead atoms. The summed E-state index contributed by atoms with van der Waals surface area (Å²) in [6, 6.07) is 12.2. The van der Waals surface area contributed by atoms with E-state index in [9.17, 15) is 19.2 Å². The summed E-state index contributed by atoms with van der Waals surface area (Å²) >= 11 is 0. The van der Waals surface area contributed by atoms with Crippen LogP contribution in [0.25, 0.3) is 0 Å². The van der Waals surface area contributed by atoms with Crippen molar-refractivity contribution in [2.45, 2.75) is 79.4 Å². The summed E-state index contributed by atoms with van der Waals surface area (Å²) in [7, 11) is 0. The molecular weight excluding hydrogens is 522 g/mol. The highest BCUT2D eigenvalue weighted by molar-refractivity contribution is 6.28. The molecule has 1 heterocycles. The quantitative estimate of drug-likeness (QED) is 0.423. The predicted octanol–water partition coefficient (Wildman–Crippen LogP) is 6.10. The zero-order chi connectivity index (χ0) is 30.3. The summed E-state index contributed by atoms with van der Waals surface area (Å²) in [5, 5.41) is 3.23. The van der Waals surface area contributed by atoms with Crippen molar-refractivity contribution < 1.29 is 33.4 Å². The monoisotopic (exact) mass is 559 g/mol. The Kier molecular flexibility index (Phi) is 7.98. The molecule has 2 aromatic carbocycles. The van der Waals surface area contributed by atoms with E-state index in [1.165, 1.54) is 12.1 Å². The van der Waals surface area contributed by atoms with Gasteiger partial charge in [0.05, 0.1) is 5.57 Å². The lowest BCUT2D eigenvalue weighted by molar-refractivity contribution is -0.161. The molecule has 1 N–H and O–H groups in total. The van der Waals surface area contributed by atoms with Crippen LogP contribution in [0.3, 0.4) is 0 Å². The van der Waals surface area contributed by atoms with Gasteiger partial charge in [0.15, 0.2) is 11.5 Å². The van der Waals surface area contributed by atoms with E-state index in [-0.39, 0.29) is 33.9 Å². The summed E-state index contributed by atoms with van der Waals surface area (Å²) in [5.41, 5.74) is 0.484. The molecule has 8 nitrogen and oxygen atoms in total. The van der Waals surface area contributed by atoms with Crippen molar-refractivity contribution in [1.29, 1.82) is 0 Å². The van der Waals surface area contributed by atoms with Crippen LogP contribution in [-0.2, 0) is 36.6 Å². The first-order chi connectivity index (χ1) is 19.2. The Labute approximate surface area is 240 Å². The number of carbonyl (C=O) groups is 4. The zero-order valence-electron chi connectivity index (χ0n) is 24.9. The number of benzene rings is 2. The van der Waals surface area contributed by atoms with E-state index < -0.39 is 40.6 Å². The predicted molar refractivity (Wildman–Crippen MR) is 154 cm³/mol. The molecule has 216 valence electrons. The van der Waals surface area contributed by atoms with Gasteiger partial charge in [0.25, 0.3) is 0 Å². The first kappa shape index (κ1) is 29.8. The number of nitrogens with one attached hydrogen (secondary N) is 1. The molecule has 4 rings (SSSR count). The fourth-order valence-electron chi connectivity index (χ4n) is 4.92. The Morgan fingerprint density at radius 1 is 0.805 bits per heavy atom. The lowest BCUT2D eigenvalue weighted by atomic mass is 9.77. The van der Waals surface area contributed by atoms with E-state index in [2.05, 4.69) is 5.32 Å². The Morgan fingerprint density at radius 3 is 1.85 bits per heavy atom. The van der Waals surface area contributed by atoms with Gasteiger partial charge in [-0.25, -0.2) is 4.79 Å². The smallest absolute Gasteiger partial charge is 0.341 e. The van der Waals surface area contributed by atoms with Gasteiger partial charge in [-0.05, 0) is 65.5 Å². The number of esters is 2. The molecule has 8 heteroatoms. The molecule has 2 aliphatic rings. The second-order valence-corrected chi connectivity index (χ2v) is 12.0. The van der Waals surface area contributed by atoms with Gasteiger partial charge in [-0.1, -0.05) is 56.3 Å². The molecule has 1 aliphatic heterocycles. The molecule has 2 aromatic rings. The maximum Gasteiger partial charge on any atom is 0.341 e. The second-order valence-electron chi connectivity index (χ2n) is 12.0. The third-order valence-corrected chi connectivity index (χ3v) is 6.64. The van der Waals surface area contributed by atoms with Crippen LogP contribution in [0.1, 0.15) is 87.2 Å². The van der Waals surface area contributed by atoms with Crippen LogP contribution >= 0.6 is 0 Å². The molecule has 0 spiro atoms. The summed E-state index contributed by atoms with van der Waals surface area (Å²) < 4.78 is 17.6. The van der Waals surface area contributed by atoms with E-state index in [4.69, 9.17) is 14.2 Å². The van der Waals surface area contributed by atoms with E-state index in [0.717, 1.165) is 11.1 Å². The van der Waals surface area contributed by atoms with Gasteiger partial charge in [0.1, 0.15) is 22.7 Å². The molecule has 41 heavy (non-hydrogen) atoms. The van der Waals surface area contributed by atoms with Gasteiger partial charge in [0.2, 0.25) is 11.7 Å². The minimum Gasteiger partial charge on any atom is -0.459 e. The number of ketones is 2. The third kappa shape index (κ3) is 5.97. The number of ether oxygens (including phenoxy) is 3. The molecule has 1 aliphatic carbocycles. The fourth-order valence-corrected chi connectivity index (χ4v) is 4.92. The molecule has 0 saturated heterocycles. The molecule has 0 radical (unpaired) electrons. The molecular formula is C33H37NO7. The first-order valence-corrected chi connectivity index (χ1v) is 13.8. The van der Waals surface area contributed by atoms with Crippen molar-refractivity contribution in [2.24, 2.45) is 5.92 Å².